The molecular formula is C12H18BrN3. The molecule has 0 spiro atoms. The number of pyridine rings is 1. The van der Waals surface area contributed by atoms with Crippen molar-refractivity contribution in [2.45, 2.75) is 38.1 Å². The Morgan fingerprint density at radius 1 is 1.38 bits per heavy atom. The standard InChI is InChI=1S/C12H18BrN3/c1-16(10-5-3-2-4-6-10)12-11(14)7-9(13)8-15-12/h7-8,10H,2-6,14H2,1H3. The van der Waals surface area contributed by atoms with Crippen molar-refractivity contribution in [3.8, 4) is 0 Å². The van der Waals surface area contributed by atoms with E-state index in [1.54, 1.807) is 0 Å². The third-order valence-corrected chi connectivity index (χ3v) is 3.75. The summed E-state index contributed by atoms with van der Waals surface area (Å²) in [7, 11) is 2.10. The minimum atomic E-state index is 0.602. The average Bonchev–Trinajstić information content (AvgIpc) is 2.29. The van der Waals surface area contributed by atoms with Crippen LogP contribution in [0.15, 0.2) is 16.7 Å². The Hall–Kier alpha value is -0.770. The average molecular weight is 284 g/mol. The van der Waals surface area contributed by atoms with Gasteiger partial charge in [0.25, 0.3) is 0 Å². The Bertz CT molecular complexity index is 361. The molecule has 1 aromatic heterocycles. The fraction of sp³-hybridized carbons (Fsp3) is 0.583. The lowest BCUT2D eigenvalue weighted by Gasteiger charge is -2.32. The second-order valence-corrected chi connectivity index (χ2v) is 5.38. The monoisotopic (exact) mass is 283 g/mol. The van der Waals surface area contributed by atoms with Crippen LogP contribution in [0.25, 0.3) is 0 Å². The van der Waals surface area contributed by atoms with E-state index in [1.807, 2.05) is 12.3 Å². The van der Waals surface area contributed by atoms with Gasteiger partial charge >= 0.3 is 0 Å². The zero-order valence-corrected chi connectivity index (χ0v) is 11.2. The summed E-state index contributed by atoms with van der Waals surface area (Å²) in [5, 5.41) is 0. The largest absolute Gasteiger partial charge is 0.396 e. The molecule has 3 nitrogen and oxygen atoms in total. The van der Waals surface area contributed by atoms with E-state index in [0.717, 1.165) is 16.0 Å². The first-order chi connectivity index (χ1) is 7.68. The molecule has 1 fully saturated rings. The van der Waals surface area contributed by atoms with Gasteiger partial charge in [-0.3, -0.25) is 0 Å². The first kappa shape index (κ1) is 11.7. The molecule has 16 heavy (non-hydrogen) atoms. The summed E-state index contributed by atoms with van der Waals surface area (Å²) in [6, 6.07) is 2.52. The number of hydrogen-bond donors (Lipinski definition) is 1. The van der Waals surface area contributed by atoms with E-state index < -0.39 is 0 Å². The van der Waals surface area contributed by atoms with Crippen LogP contribution in [-0.2, 0) is 0 Å². The highest BCUT2D eigenvalue weighted by Gasteiger charge is 2.20. The Morgan fingerprint density at radius 3 is 2.69 bits per heavy atom. The van der Waals surface area contributed by atoms with Crippen molar-refractivity contribution in [3.05, 3.63) is 16.7 Å². The van der Waals surface area contributed by atoms with Gasteiger partial charge in [0.05, 0.1) is 5.69 Å². The molecule has 0 aromatic carbocycles. The number of halogens is 1. The lowest BCUT2D eigenvalue weighted by atomic mass is 9.94. The van der Waals surface area contributed by atoms with Gasteiger partial charge in [0, 0.05) is 23.8 Å². The van der Waals surface area contributed by atoms with E-state index in [9.17, 15) is 0 Å². The van der Waals surface area contributed by atoms with E-state index in [4.69, 9.17) is 5.73 Å². The summed E-state index contributed by atoms with van der Waals surface area (Å²) < 4.78 is 0.936. The Balaban J connectivity index is 2.15. The summed E-state index contributed by atoms with van der Waals surface area (Å²) >= 11 is 3.38. The first-order valence-corrected chi connectivity index (χ1v) is 6.61. The molecule has 0 aliphatic heterocycles. The third-order valence-electron chi connectivity index (χ3n) is 3.32. The van der Waals surface area contributed by atoms with E-state index in [1.165, 1.54) is 32.1 Å². The van der Waals surface area contributed by atoms with Gasteiger partial charge in [-0.2, -0.15) is 0 Å². The SMILES string of the molecule is CN(c1ncc(Br)cc1N)C1CCCCC1. The molecule has 0 saturated heterocycles. The maximum absolute atomic E-state index is 5.99. The number of nitrogens with zero attached hydrogens (tertiary/aromatic N) is 2. The highest BCUT2D eigenvalue weighted by Crippen LogP contribution is 2.29. The fourth-order valence-electron chi connectivity index (χ4n) is 2.38. The topological polar surface area (TPSA) is 42.2 Å². The van der Waals surface area contributed by atoms with Crippen molar-refractivity contribution < 1.29 is 0 Å². The van der Waals surface area contributed by atoms with Gasteiger partial charge in [0.1, 0.15) is 0 Å². The van der Waals surface area contributed by atoms with Crippen LogP contribution in [-0.4, -0.2) is 18.1 Å². The second-order valence-electron chi connectivity index (χ2n) is 4.47. The van der Waals surface area contributed by atoms with Crippen LogP contribution in [0, 0.1) is 0 Å². The molecule has 2 N–H and O–H groups in total. The van der Waals surface area contributed by atoms with E-state index in [0.29, 0.717) is 6.04 Å². The second kappa shape index (κ2) is 5.04. The Morgan fingerprint density at radius 2 is 2.06 bits per heavy atom. The van der Waals surface area contributed by atoms with Crippen molar-refractivity contribution in [2.75, 3.05) is 17.7 Å². The molecule has 0 radical (unpaired) electrons. The van der Waals surface area contributed by atoms with Gasteiger partial charge in [-0.1, -0.05) is 19.3 Å². The maximum atomic E-state index is 5.99. The Kier molecular flexibility index (Phi) is 3.69. The summed E-state index contributed by atoms with van der Waals surface area (Å²) in [6.07, 6.45) is 8.34. The van der Waals surface area contributed by atoms with Gasteiger partial charge in [-0.15, -0.1) is 0 Å². The van der Waals surface area contributed by atoms with Crippen LogP contribution >= 0.6 is 15.9 Å². The van der Waals surface area contributed by atoms with E-state index in [2.05, 4.69) is 32.9 Å². The normalized spacial score (nSPS) is 17.4. The summed E-state index contributed by atoms with van der Waals surface area (Å²) in [4.78, 5) is 6.64. The smallest absolute Gasteiger partial charge is 0.151 e. The molecule has 1 aromatic rings. The molecule has 1 aliphatic carbocycles. The molecule has 4 heteroatoms. The molecule has 0 atom stereocenters. The number of rotatable bonds is 2. The maximum Gasteiger partial charge on any atom is 0.151 e. The molecule has 1 heterocycles. The quantitative estimate of drug-likeness (QED) is 0.906. The molecular weight excluding hydrogens is 266 g/mol. The lowest BCUT2D eigenvalue weighted by Crippen LogP contribution is -2.34. The zero-order valence-electron chi connectivity index (χ0n) is 9.62. The predicted molar refractivity (Wildman–Crippen MR) is 71.6 cm³/mol. The lowest BCUT2D eigenvalue weighted by molar-refractivity contribution is 0.426. The van der Waals surface area contributed by atoms with Crippen molar-refractivity contribution in [3.63, 3.8) is 0 Å². The first-order valence-electron chi connectivity index (χ1n) is 5.82. The Labute approximate surface area is 105 Å². The molecule has 0 amide bonds. The van der Waals surface area contributed by atoms with Gasteiger partial charge < -0.3 is 10.6 Å². The van der Waals surface area contributed by atoms with Gasteiger partial charge in [0.15, 0.2) is 5.82 Å². The number of nitrogens with two attached hydrogens (primary N) is 1. The number of hydrogen-bond acceptors (Lipinski definition) is 3. The van der Waals surface area contributed by atoms with Gasteiger partial charge in [0.2, 0.25) is 0 Å². The third kappa shape index (κ3) is 2.48. The van der Waals surface area contributed by atoms with Crippen LogP contribution < -0.4 is 10.6 Å². The van der Waals surface area contributed by atoms with E-state index in [-0.39, 0.29) is 0 Å². The van der Waals surface area contributed by atoms with Crippen molar-refractivity contribution in [1.82, 2.24) is 4.98 Å². The van der Waals surface area contributed by atoms with Gasteiger partial charge in [-0.05, 0) is 34.8 Å². The van der Waals surface area contributed by atoms with Crippen LogP contribution in [0.1, 0.15) is 32.1 Å². The number of aromatic nitrogens is 1. The van der Waals surface area contributed by atoms with Crippen molar-refractivity contribution in [2.24, 2.45) is 0 Å². The van der Waals surface area contributed by atoms with Crippen LogP contribution in [0.4, 0.5) is 11.5 Å². The summed E-state index contributed by atoms with van der Waals surface area (Å²) in [6.45, 7) is 0. The minimum Gasteiger partial charge on any atom is -0.396 e. The molecule has 0 unspecified atom stereocenters. The molecule has 2 rings (SSSR count). The summed E-state index contributed by atoms with van der Waals surface area (Å²) in [5.74, 6) is 0.912. The number of anilines is 2. The van der Waals surface area contributed by atoms with E-state index >= 15 is 0 Å². The zero-order chi connectivity index (χ0) is 11.5. The van der Waals surface area contributed by atoms with Crippen LogP contribution in [0.5, 0.6) is 0 Å². The summed E-state index contributed by atoms with van der Waals surface area (Å²) in [5.41, 5.74) is 6.75. The predicted octanol–water partition coefficient (Wildman–Crippen LogP) is 3.20. The highest BCUT2D eigenvalue weighted by atomic mass is 79.9. The molecule has 88 valence electrons. The fourth-order valence-corrected chi connectivity index (χ4v) is 2.73. The van der Waals surface area contributed by atoms with Gasteiger partial charge in [-0.25, -0.2) is 4.98 Å². The minimum absolute atomic E-state index is 0.602. The molecule has 1 saturated carbocycles. The van der Waals surface area contributed by atoms with Crippen molar-refractivity contribution >= 4 is 27.4 Å². The highest BCUT2D eigenvalue weighted by molar-refractivity contribution is 9.10. The van der Waals surface area contributed by atoms with Crippen molar-refractivity contribution in [1.29, 1.82) is 0 Å². The van der Waals surface area contributed by atoms with Crippen LogP contribution in [0.2, 0.25) is 0 Å². The molecule has 0 bridgehead atoms. The molecule has 1 aliphatic rings. The van der Waals surface area contributed by atoms with Crippen LogP contribution in [0.3, 0.4) is 0 Å². The number of nitrogen functional groups attached to an aromatic ring is 1.